The van der Waals surface area contributed by atoms with Crippen LogP contribution in [0.5, 0.6) is 0 Å². The quantitative estimate of drug-likeness (QED) is 0.435. The van der Waals surface area contributed by atoms with Crippen LogP contribution in [0.4, 0.5) is 0 Å². The highest BCUT2D eigenvalue weighted by molar-refractivity contribution is 6.82. The van der Waals surface area contributed by atoms with Crippen LogP contribution in [0.15, 0.2) is 12.3 Å². The summed E-state index contributed by atoms with van der Waals surface area (Å²) in [4.78, 5) is 25.7. The number of nitrogens with zero attached hydrogens (tertiary/aromatic N) is 1. The van der Waals surface area contributed by atoms with Crippen LogP contribution >= 0.6 is 0 Å². The molecule has 0 unspecified atom stereocenters. The zero-order valence-electron chi connectivity index (χ0n) is 19.6. The average molecular weight is 430 g/mol. The SMILES string of the molecule is COC(=O)c1c2c(c3c(ccn3[Si](C(C)C)(C(C)C)C(C)C)c1C(=O)OC)CCC2. The predicted molar refractivity (Wildman–Crippen MR) is 123 cm³/mol. The number of methoxy groups -OCH3 is 2. The van der Waals surface area contributed by atoms with E-state index in [2.05, 4.69) is 52.0 Å². The third-order valence-corrected chi connectivity index (χ3v) is 13.9. The summed E-state index contributed by atoms with van der Waals surface area (Å²) in [6.45, 7) is 14.0. The number of hydrogen-bond donors (Lipinski definition) is 0. The highest BCUT2D eigenvalue weighted by Gasteiger charge is 2.46. The van der Waals surface area contributed by atoms with Gasteiger partial charge in [0, 0.05) is 10.9 Å². The van der Waals surface area contributed by atoms with Gasteiger partial charge in [-0.3, -0.25) is 0 Å². The van der Waals surface area contributed by atoms with Crippen molar-refractivity contribution in [3.05, 3.63) is 34.5 Å². The molecule has 0 bridgehead atoms. The third-order valence-electron chi connectivity index (χ3n) is 7.18. The number of ether oxygens (including phenoxy) is 2. The van der Waals surface area contributed by atoms with Crippen molar-refractivity contribution in [3.8, 4) is 0 Å². The topological polar surface area (TPSA) is 57.5 Å². The van der Waals surface area contributed by atoms with E-state index in [-0.39, 0.29) is 0 Å². The van der Waals surface area contributed by atoms with Crippen molar-refractivity contribution < 1.29 is 19.1 Å². The lowest BCUT2D eigenvalue weighted by molar-refractivity contribution is 0.0556. The largest absolute Gasteiger partial charge is 0.465 e. The molecule has 0 radical (unpaired) electrons. The van der Waals surface area contributed by atoms with Crippen LogP contribution in [0.1, 0.15) is 79.8 Å². The van der Waals surface area contributed by atoms with Gasteiger partial charge in [-0.25, -0.2) is 9.59 Å². The molecule has 2 aromatic rings. The van der Waals surface area contributed by atoms with E-state index in [4.69, 9.17) is 9.47 Å². The second-order valence-corrected chi connectivity index (χ2v) is 15.1. The Balaban J connectivity index is 2.53. The smallest absolute Gasteiger partial charge is 0.339 e. The standard InChI is InChI=1S/C24H35NO4Si/c1-14(2)30(15(3)4,16(5)6)25-13-12-19-21(24(27)29-8)20(23(26)28-7)17-10-9-11-18(17)22(19)25/h12-16H,9-11H2,1-8H3. The van der Waals surface area contributed by atoms with Crippen molar-refractivity contribution in [2.75, 3.05) is 14.2 Å². The van der Waals surface area contributed by atoms with E-state index in [1.807, 2.05) is 6.07 Å². The number of aryl methyl sites for hydroxylation is 1. The Labute approximate surface area is 180 Å². The number of hydrogen-bond acceptors (Lipinski definition) is 4. The summed E-state index contributed by atoms with van der Waals surface area (Å²) >= 11 is 0. The van der Waals surface area contributed by atoms with E-state index in [0.29, 0.717) is 27.8 Å². The summed E-state index contributed by atoms with van der Waals surface area (Å²) in [7, 11) is 0.708. The Bertz CT molecular complexity index is 965. The van der Waals surface area contributed by atoms with Gasteiger partial charge in [-0.2, -0.15) is 0 Å². The van der Waals surface area contributed by atoms with Crippen LogP contribution in [0.3, 0.4) is 0 Å². The lowest BCUT2D eigenvalue weighted by Gasteiger charge is -2.45. The van der Waals surface area contributed by atoms with E-state index in [9.17, 15) is 9.59 Å². The minimum Gasteiger partial charge on any atom is -0.465 e. The summed E-state index contributed by atoms with van der Waals surface area (Å²) in [6, 6.07) is 2.02. The van der Waals surface area contributed by atoms with E-state index in [1.165, 1.54) is 19.8 Å². The fourth-order valence-electron chi connectivity index (χ4n) is 6.31. The molecule has 0 N–H and O–H groups in total. The van der Waals surface area contributed by atoms with Gasteiger partial charge in [0.25, 0.3) is 0 Å². The van der Waals surface area contributed by atoms with Gasteiger partial charge in [-0.1, -0.05) is 41.5 Å². The summed E-state index contributed by atoms with van der Waals surface area (Å²) in [5.41, 5.74) is 5.63. The number of carbonyl (C=O) groups excluding carboxylic acids is 2. The van der Waals surface area contributed by atoms with Crippen molar-refractivity contribution >= 4 is 31.1 Å². The number of aromatic nitrogens is 1. The van der Waals surface area contributed by atoms with Crippen LogP contribution in [0, 0.1) is 0 Å². The highest BCUT2D eigenvalue weighted by Crippen LogP contribution is 2.47. The molecule has 6 heteroatoms. The molecule has 5 nitrogen and oxygen atoms in total. The van der Waals surface area contributed by atoms with Crippen molar-refractivity contribution in [1.29, 1.82) is 0 Å². The van der Waals surface area contributed by atoms with Crippen molar-refractivity contribution in [2.24, 2.45) is 0 Å². The maximum Gasteiger partial charge on any atom is 0.339 e. The maximum absolute atomic E-state index is 12.9. The first kappa shape index (κ1) is 22.6. The minimum atomic E-state index is -2.03. The van der Waals surface area contributed by atoms with Crippen LogP contribution in [0.25, 0.3) is 10.9 Å². The molecule has 1 aromatic heterocycles. The Hall–Kier alpha value is -2.08. The molecule has 0 fully saturated rings. The molecule has 1 aromatic carbocycles. The normalized spacial score (nSPS) is 14.1. The Morgan fingerprint density at radius 1 is 0.867 bits per heavy atom. The molecule has 0 saturated heterocycles. The first-order valence-electron chi connectivity index (χ1n) is 11.0. The lowest BCUT2D eigenvalue weighted by atomic mass is 9.93. The van der Waals surface area contributed by atoms with E-state index < -0.39 is 20.2 Å². The lowest BCUT2D eigenvalue weighted by Crippen LogP contribution is -2.51. The van der Waals surface area contributed by atoms with Gasteiger partial charge in [0.2, 0.25) is 0 Å². The zero-order chi connectivity index (χ0) is 22.4. The van der Waals surface area contributed by atoms with Gasteiger partial charge in [0.1, 0.15) is 0 Å². The van der Waals surface area contributed by atoms with Crippen molar-refractivity contribution in [2.45, 2.75) is 77.4 Å². The van der Waals surface area contributed by atoms with Crippen LogP contribution < -0.4 is 0 Å². The fourth-order valence-corrected chi connectivity index (χ4v) is 13.0. The van der Waals surface area contributed by atoms with Gasteiger partial charge < -0.3 is 13.7 Å². The second kappa shape index (κ2) is 8.21. The molecule has 164 valence electrons. The fraction of sp³-hybridized carbons (Fsp3) is 0.583. The molecule has 0 aliphatic heterocycles. The first-order valence-corrected chi connectivity index (χ1v) is 13.2. The van der Waals surface area contributed by atoms with Gasteiger partial charge in [-0.15, -0.1) is 0 Å². The molecule has 30 heavy (non-hydrogen) atoms. The van der Waals surface area contributed by atoms with Gasteiger partial charge in [-0.05, 0) is 59.3 Å². The molecule has 1 heterocycles. The molecule has 1 aliphatic carbocycles. The summed E-state index contributed by atoms with van der Waals surface area (Å²) < 4.78 is 12.8. The van der Waals surface area contributed by atoms with Crippen molar-refractivity contribution in [1.82, 2.24) is 4.23 Å². The molecule has 0 atom stereocenters. The second-order valence-electron chi connectivity index (χ2n) is 9.34. The average Bonchev–Trinajstić information content (AvgIpc) is 3.32. The van der Waals surface area contributed by atoms with Gasteiger partial charge in [0.05, 0.1) is 25.3 Å². The Kier molecular flexibility index (Phi) is 6.19. The Morgan fingerprint density at radius 3 is 1.87 bits per heavy atom. The molecule has 0 amide bonds. The predicted octanol–water partition coefficient (Wildman–Crippen LogP) is 5.73. The summed E-state index contributed by atoms with van der Waals surface area (Å²) in [5, 5.41) is 0.821. The highest BCUT2D eigenvalue weighted by atomic mass is 28.3. The third kappa shape index (κ3) is 3.03. The Morgan fingerprint density at radius 2 is 1.37 bits per heavy atom. The number of benzene rings is 1. The summed E-state index contributed by atoms with van der Waals surface area (Å²) in [6.07, 6.45) is 4.84. The molecule has 3 rings (SSSR count). The number of fused-ring (bicyclic) bond motifs is 3. The van der Waals surface area contributed by atoms with E-state index >= 15 is 0 Å². The maximum atomic E-state index is 12.9. The molecular formula is C24H35NO4Si. The minimum absolute atomic E-state index is 0.359. The molecule has 0 saturated carbocycles. The zero-order valence-corrected chi connectivity index (χ0v) is 20.6. The van der Waals surface area contributed by atoms with Gasteiger partial charge >= 0.3 is 11.9 Å². The molecule has 1 aliphatic rings. The van der Waals surface area contributed by atoms with Crippen LogP contribution in [-0.4, -0.2) is 38.6 Å². The molecular weight excluding hydrogens is 394 g/mol. The van der Waals surface area contributed by atoms with E-state index in [0.717, 1.165) is 35.7 Å². The molecule has 0 spiro atoms. The van der Waals surface area contributed by atoms with E-state index in [1.54, 1.807) is 0 Å². The number of rotatable bonds is 6. The van der Waals surface area contributed by atoms with Crippen LogP contribution in [-0.2, 0) is 22.3 Å². The van der Waals surface area contributed by atoms with Crippen LogP contribution in [0.2, 0.25) is 16.6 Å². The van der Waals surface area contributed by atoms with Gasteiger partial charge in [0.15, 0.2) is 8.24 Å². The summed E-state index contributed by atoms with van der Waals surface area (Å²) in [5.74, 6) is -0.929. The van der Waals surface area contributed by atoms with Crippen molar-refractivity contribution in [3.63, 3.8) is 0 Å². The number of carbonyl (C=O) groups is 2. The number of esters is 2. The first-order chi connectivity index (χ1) is 14.1. The monoisotopic (exact) mass is 429 g/mol.